The molecule has 7 nitrogen and oxygen atoms in total. The van der Waals surface area contributed by atoms with Gasteiger partial charge >= 0.3 is 19.5 Å². The maximum absolute atomic E-state index is 13.8. The van der Waals surface area contributed by atoms with E-state index in [9.17, 15) is 19.3 Å². The molecule has 0 fully saturated rings. The van der Waals surface area contributed by atoms with Crippen molar-refractivity contribution >= 4 is 30.2 Å². The minimum atomic E-state index is -3.58. The number of hydrogen-bond acceptors (Lipinski definition) is 5. The number of carboxylic acid groups (broad SMARTS) is 1. The zero-order chi connectivity index (χ0) is 23.1. The first-order valence-electron chi connectivity index (χ1n) is 10.3. The summed E-state index contributed by atoms with van der Waals surface area (Å²) in [7, 11) is -3.58. The van der Waals surface area contributed by atoms with E-state index in [1.165, 1.54) is 0 Å². The smallest absolute Gasteiger partial charge is 0.335 e. The number of para-hydroxylation sites is 1. The lowest BCUT2D eigenvalue weighted by Gasteiger charge is -2.24. The highest BCUT2D eigenvalue weighted by Gasteiger charge is 2.31. The number of carboxylic acids is 1. The summed E-state index contributed by atoms with van der Waals surface area (Å²) in [4.78, 5) is 23.5. The van der Waals surface area contributed by atoms with Gasteiger partial charge in [-0.05, 0) is 53.9 Å². The monoisotopic (exact) mass is 455 g/mol. The number of fused-ring (bicyclic) bond motifs is 1. The van der Waals surface area contributed by atoms with Crippen LogP contribution in [0.25, 0.3) is 10.8 Å². The van der Waals surface area contributed by atoms with E-state index in [0.717, 1.165) is 5.39 Å². The Morgan fingerprint density at radius 1 is 1.03 bits per heavy atom. The molecular weight excluding hydrogens is 429 g/mol. The molecule has 0 amide bonds. The van der Waals surface area contributed by atoms with Gasteiger partial charge in [-0.25, -0.2) is 9.88 Å². The molecule has 168 valence electrons. The van der Waals surface area contributed by atoms with Gasteiger partial charge in [0.1, 0.15) is 11.8 Å². The fourth-order valence-electron chi connectivity index (χ4n) is 3.20. The molecule has 0 bridgehead atoms. The molecule has 0 aromatic heterocycles. The highest BCUT2D eigenvalue weighted by molar-refractivity contribution is 7.56. The van der Waals surface area contributed by atoms with Crippen molar-refractivity contribution < 1.29 is 28.5 Å². The Morgan fingerprint density at radius 3 is 2.44 bits per heavy atom. The van der Waals surface area contributed by atoms with E-state index in [2.05, 4.69) is 5.09 Å². The van der Waals surface area contributed by atoms with Crippen LogP contribution in [0.2, 0.25) is 0 Å². The Hall–Kier alpha value is -3.15. The predicted octanol–water partition coefficient (Wildman–Crippen LogP) is 5.24. The van der Waals surface area contributed by atoms with Crippen LogP contribution in [0.5, 0.6) is 5.75 Å². The summed E-state index contributed by atoms with van der Waals surface area (Å²) in [6.07, 6.45) is 0.687. The Balaban J connectivity index is 1.89. The van der Waals surface area contributed by atoms with E-state index >= 15 is 0 Å². The number of carbonyl (C=O) groups is 2. The van der Waals surface area contributed by atoms with E-state index < -0.39 is 25.5 Å². The van der Waals surface area contributed by atoms with Gasteiger partial charge in [-0.3, -0.25) is 9.36 Å². The van der Waals surface area contributed by atoms with Crippen LogP contribution in [0.1, 0.15) is 36.2 Å². The van der Waals surface area contributed by atoms with Crippen molar-refractivity contribution in [3.63, 3.8) is 0 Å². The molecule has 3 aromatic carbocycles. The molecule has 0 spiro atoms. The van der Waals surface area contributed by atoms with Crippen LogP contribution >= 0.6 is 7.52 Å². The molecule has 3 rings (SSSR count). The molecule has 32 heavy (non-hydrogen) atoms. The van der Waals surface area contributed by atoms with Crippen molar-refractivity contribution in [2.45, 2.75) is 32.5 Å². The van der Waals surface area contributed by atoms with Crippen LogP contribution in [0, 0.1) is 0 Å². The van der Waals surface area contributed by atoms with Crippen LogP contribution in [0.3, 0.4) is 0 Å². The maximum atomic E-state index is 13.8. The van der Waals surface area contributed by atoms with Crippen molar-refractivity contribution in [1.82, 2.24) is 5.09 Å². The second kappa shape index (κ2) is 10.4. The third-order valence-corrected chi connectivity index (χ3v) is 6.80. The lowest BCUT2D eigenvalue weighted by molar-refractivity contribution is -0.145. The summed E-state index contributed by atoms with van der Waals surface area (Å²) in [6, 6.07) is 18.2. The fraction of sp³-hybridized carbons (Fsp3) is 0.250. The second-order valence-electron chi connectivity index (χ2n) is 7.46. The third-order valence-electron chi connectivity index (χ3n) is 4.73. The van der Waals surface area contributed by atoms with Crippen LogP contribution in [-0.2, 0) is 20.3 Å². The van der Waals surface area contributed by atoms with Crippen LogP contribution < -0.4 is 9.61 Å². The highest BCUT2D eigenvalue weighted by Crippen LogP contribution is 2.47. The molecule has 0 radical (unpaired) electrons. The molecule has 2 atom stereocenters. The molecule has 2 N–H and O–H groups in total. The molecule has 0 aliphatic rings. The van der Waals surface area contributed by atoms with Gasteiger partial charge in [-0.2, -0.15) is 0 Å². The minimum absolute atomic E-state index is 0.000527. The zero-order valence-electron chi connectivity index (χ0n) is 18.0. The molecule has 8 heteroatoms. The Morgan fingerprint density at radius 2 is 1.75 bits per heavy atom. The number of nitrogens with one attached hydrogen (secondary N) is 1. The minimum Gasteiger partial charge on any atom is -0.478 e. The lowest BCUT2D eigenvalue weighted by Crippen LogP contribution is -2.35. The fourth-order valence-corrected chi connectivity index (χ4v) is 5.24. The molecule has 3 aromatic rings. The number of ether oxygens (including phenoxy) is 1. The van der Waals surface area contributed by atoms with Crippen LogP contribution in [0.4, 0.5) is 0 Å². The molecule has 0 saturated heterocycles. The lowest BCUT2D eigenvalue weighted by atomic mass is 10.0. The van der Waals surface area contributed by atoms with Crippen LogP contribution in [-0.4, -0.2) is 29.7 Å². The summed E-state index contributed by atoms with van der Waals surface area (Å²) in [6.45, 7) is 3.76. The quantitative estimate of drug-likeness (QED) is 0.318. The largest absolute Gasteiger partial charge is 0.478 e. The third kappa shape index (κ3) is 6.19. The van der Waals surface area contributed by atoms with Crippen molar-refractivity contribution in [3.05, 3.63) is 77.9 Å². The summed E-state index contributed by atoms with van der Waals surface area (Å²) in [5.41, 5.74) is 0.852. The molecule has 0 aliphatic carbocycles. The van der Waals surface area contributed by atoms with Gasteiger partial charge in [-0.1, -0.05) is 49.4 Å². The average molecular weight is 455 g/mol. The number of carbonyl (C=O) groups excluding carboxylic acids is 1. The summed E-state index contributed by atoms with van der Waals surface area (Å²) >= 11 is 0. The Bertz CT molecular complexity index is 1150. The second-order valence-corrected chi connectivity index (χ2v) is 9.56. The topological polar surface area (TPSA) is 102 Å². The van der Waals surface area contributed by atoms with Gasteiger partial charge in [0.2, 0.25) is 0 Å². The predicted molar refractivity (Wildman–Crippen MR) is 123 cm³/mol. The summed E-state index contributed by atoms with van der Waals surface area (Å²) in [5, 5.41) is 13.7. The first-order chi connectivity index (χ1) is 15.3. The van der Waals surface area contributed by atoms with Gasteiger partial charge in [0.15, 0.2) is 0 Å². The maximum Gasteiger partial charge on any atom is 0.335 e. The van der Waals surface area contributed by atoms with E-state index in [1.807, 2.05) is 25.1 Å². The highest BCUT2D eigenvalue weighted by atomic mass is 31.2. The van der Waals surface area contributed by atoms with Gasteiger partial charge in [0.05, 0.1) is 18.3 Å². The Kier molecular flexibility index (Phi) is 7.67. The first-order valence-corrected chi connectivity index (χ1v) is 12.1. The van der Waals surface area contributed by atoms with Gasteiger partial charge in [0.25, 0.3) is 0 Å². The number of hydrogen-bond donors (Lipinski definition) is 2. The molecule has 0 saturated carbocycles. The number of rotatable bonds is 10. The Labute approximate surface area is 186 Å². The van der Waals surface area contributed by atoms with Gasteiger partial charge < -0.3 is 14.4 Å². The normalized spacial score (nSPS) is 13.8. The van der Waals surface area contributed by atoms with Crippen molar-refractivity contribution in [2.75, 3.05) is 6.61 Å². The van der Waals surface area contributed by atoms with Gasteiger partial charge in [0, 0.05) is 0 Å². The van der Waals surface area contributed by atoms with Crippen molar-refractivity contribution in [1.29, 1.82) is 0 Å². The van der Waals surface area contributed by atoms with E-state index in [4.69, 9.17) is 9.26 Å². The number of esters is 1. The molecular formula is C24H26NO6P. The molecule has 0 heterocycles. The van der Waals surface area contributed by atoms with E-state index in [1.54, 1.807) is 55.5 Å². The van der Waals surface area contributed by atoms with E-state index in [-0.39, 0.29) is 18.3 Å². The summed E-state index contributed by atoms with van der Waals surface area (Å²) in [5.74, 6) is -1.11. The number of aromatic carboxylic acids is 1. The zero-order valence-corrected chi connectivity index (χ0v) is 18.9. The molecule has 1 unspecified atom stereocenters. The van der Waals surface area contributed by atoms with Crippen LogP contribution in [0.15, 0.2) is 66.7 Å². The van der Waals surface area contributed by atoms with Gasteiger partial charge in [-0.15, -0.1) is 0 Å². The number of benzene rings is 3. The average Bonchev–Trinajstić information content (AvgIpc) is 2.77. The first kappa shape index (κ1) is 23.5. The summed E-state index contributed by atoms with van der Waals surface area (Å²) < 4.78 is 24.8. The SMILES string of the molecule is CCCOC(=O)[C@H](C)NP(=O)(Cc1ccc2ccc(C(=O)O)cc2c1)Oc1ccccc1. The molecule has 0 aliphatic heterocycles. The van der Waals surface area contributed by atoms with Crippen molar-refractivity contribution in [3.8, 4) is 5.75 Å². The van der Waals surface area contributed by atoms with Crippen molar-refractivity contribution in [2.24, 2.45) is 0 Å². The standard InChI is InChI=1S/C24H26NO6P/c1-3-13-30-24(28)17(2)25-32(29,31-22-7-5-4-6-8-22)16-18-9-10-19-11-12-20(23(26)27)15-21(19)14-18/h4-12,14-15,17H,3,13,16H2,1-2H3,(H,25,29)(H,26,27)/t17-,32?/m0/s1. The van der Waals surface area contributed by atoms with E-state index in [0.29, 0.717) is 23.1 Å².